The largest absolute Gasteiger partial charge is 0.491 e. The molecular formula is C23H23N3O3S. The number of carbonyl (C=O) groups excluding carboxylic acids is 2. The quantitative estimate of drug-likeness (QED) is 0.434. The molecule has 2 aromatic carbocycles. The van der Waals surface area contributed by atoms with Crippen molar-refractivity contribution >= 4 is 40.0 Å². The lowest BCUT2D eigenvalue weighted by molar-refractivity contribution is -0.117. The monoisotopic (exact) mass is 421 g/mol. The Hall–Kier alpha value is -3.45. The van der Waals surface area contributed by atoms with Gasteiger partial charge >= 0.3 is 0 Å². The molecule has 0 aliphatic rings. The molecule has 3 aromatic rings. The highest BCUT2D eigenvalue weighted by atomic mass is 32.1. The third-order valence-corrected chi connectivity index (χ3v) is 5.03. The fraction of sp³-hybridized carbons (Fsp3) is 0.174. The van der Waals surface area contributed by atoms with Gasteiger partial charge in [-0.2, -0.15) is 0 Å². The average Bonchev–Trinajstić information content (AvgIpc) is 3.20. The Morgan fingerprint density at radius 1 is 1.13 bits per heavy atom. The molecule has 0 saturated heterocycles. The van der Waals surface area contributed by atoms with E-state index in [1.54, 1.807) is 16.4 Å². The highest BCUT2D eigenvalue weighted by molar-refractivity contribution is 7.14. The number of aryl methyl sites for hydroxylation is 1. The molecule has 0 atom stereocenters. The molecule has 0 bridgehead atoms. The van der Waals surface area contributed by atoms with E-state index in [4.69, 9.17) is 4.74 Å². The van der Waals surface area contributed by atoms with Crippen LogP contribution in [0.1, 0.15) is 18.2 Å². The van der Waals surface area contributed by atoms with Crippen LogP contribution in [0.2, 0.25) is 0 Å². The minimum atomic E-state index is -0.232. The van der Waals surface area contributed by atoms with Gasteiger partial charge in [-0.05, 0) is 36.8 Å². The van der Waals surface area contributed by atoms with Crippen molar-refractivity contribution in [2.75, 3.05) is 18.1 Å². The number of para-hydroxylation sites is 2. The van der Waals surface area contributed by atoms with E-state index < -0.39 is 0 Å². The first-order valence-electron chi connectivity index (χ1n) is 9.50. The lowest BCUT2D eigenvalue weighted by Crippen LogP contribution is -2.26. The van der Waals surface area contributed by atoms with E-state index in [0.29, 0.717) is 24.0 Å². The Balaban J connectivity index is 1.52. The van der Waals surface area contributed by atoms with Crippen LogP contribution < -0.4 is 15.0 Å². The third-order valence-electron chi connectivity index (χ3n) is 4.19. The molecule has 3 rings (SSSR count). The van der Waals surface area contributed by atoms with Crippen molar-refractivity contribution in [1.29, 1.82) is 0 Å². The molecule has 0 unspecified atom stereocenters. The zero-order valence-corrected chi connectivity index (χ0v) is 17.7. The van der Waals surface area contributed by atoms with Gasteiger partial charge in [0.2, 0.25) is 11.8 Å². The number of anilines is 2. The molecule has 0 saturated carbocycles. The molecule has 0 aliphatic heterocycles. The van der Waals surface area contributed by atoms with Crippen molar-refractivity contribution in [3.8, 4) is 5.75 Å². The van der Waals surface area contributed by atoms with Gasteiger partial charge in [0.05, 0.1) is 17.9 Å². The Morgan fingerprint density at radius 3 is 2.60 bits per heavy atom. The summed E-state index contributed by atoms with van der Waals surface area (Å²) in [6.07, 6.45) is 3.05. The number of aromatic nitrogens is 1. The van der Waals surface area contributed by atoms with E-state index in [2.05, 4.69) is 10.3 Å². The normalized spacial score (nSPS) is 10.7. The van der Waals surface area contributed by atoms with Crippen molar-refractivity contribution in [3.63, 3.8) is 0 Å². The molecule has 0 fully saturated rings. The van der Waals surface area contributed by atoms with Gasteiger partial charge in [-0.3, -0.25) is 14.5 Å². The number of nitrogens with one attached hydrogen (secondary N) is 1. The average molecular weight is 422 g/mol. The SMILES string of the molecule is CC(=O)N(c1ccccc1)c1nc(C=CC(=O)NCCOc2ccccc2C)cs1. The number of benzene rings is 2. The van der Waals surface area contributed by atoms with Gasteiger partial charge < -0.3 is 10.1 Å². The summed E-state index contributed by atoms with van der Waals surface area (Å²) < 4.78 is 5.66. The van der Waals surface area contributed by atoms with Gasteiger partial charge in [0, 0.05) is 18.4 Å². The van der Waals surface area contributed by atoms with E-state index in [0.717, 1.165) is 17.0 Å². The summed E-state index contributed by atoms with van der Waals surface area (Å²) >= 11 is 1.34. The second-order valence-electron chi connectivity index (χ2n) is 6.48. The van der Waals surface area contributed by atoms with Crippen LogP contribution in [0, 0.1) is 6.92 Å². The van der Waals surface area contributed by atoms with Crippen LogP contribution in [0.5, 0.6) is 5.75 Å². The molecule has 0 radical (unpaired) electrons. The Labute approximate surface area is 179 Å². The lowest BCUT2D eigenvalue weighted by Gasteiger charge is -2.17. The number of carbonyl (C=O) groups is 2. The van der Waals surface area contributed by atoms with E-state index in [1.165, 1.54) is 24.3 Å². The second-order valence-corrected chi connectivity index (χ2v) is 7.32. The van der Waals surface area contributed by atoms with Crippen molar-refractivity contribution in [2.45, 2.75) is 13.8 Å². The molecule has 154 valence electrons. The van der Waals surface area contributed by atoms with Gasteiger partial charge in [0.1, 0.15) is 12.4 Å². The van der Waals surface area contributed by atoms with Crippen LogP contribution >= 0.6 is 11.3 Å². The second kappa shape index (κ2) is 10.4. The standard InChI is InChI=1S/C23H23N3O3S/c1-17-8-6-7-11-21(17)29-15-14-24-22(28)13-12-19-16-30-23(25-19)26(18(2)27)20-9-4-3-5-10-20/h3-13,16H,14-15H2,1-2H3,(H,24,28). The first-order chi connectivity index (χ1) is 14.5. The summed E-state index contributed by atoms with van der Waals surface area (Å²) in [6, 6.07) is 17.1. The first kappa shape index (κ1) is 21.3. The number of hydrogen-bond acceptors (Lipinski definition) is 5. The number of nitrogens with zero attached hydrogens (tertiary/aromatic N) is 2. The molecular weight excluding hydrogens is 398 g/mol. The topological polar surface area (TPSA) is 71.5 Å². The molecule has 7 heteroatoms. The number of thiazole rings is 1. The third kappa shape index (κ3) is 5.78. The molecule has 2 amide bonds. The molecule has 1 heterocycles. The maximum atomic E-state index is 12.1. The van der Waals surface area contributed by atoms with Gasteiger partial charge in [0.15, 0.2) is 5.13 Å². The summed E-state index contributed by atoms with van der Waals surface area (Å²) in [5.74, 6) is 0.452. The minimum absolute atomic E-state index is 0.127. The van der Waals surface area contributed by atoms with Crippen molar-refractivity contribution in [3.05, 3.63) is 77.3 Å². The van der Waals surface area contributed by atoms with Gasteiger partial charge in [-0.25, -0.2) is 4.98 Å². The van der Waals surface area contributed by atoms with Gasteiger partial charge in [-0.15, -0.1) is 11.3 Å². The van der Waals surface area contributed by atoms with Crippen LogP contribution in [0.25, 0.3) is 6.08 Å². The molecule has 0 aliphatic carbocycles. The fourth-order valence-corrected chi connectivity index (χ4v) is 3.59. The van der Waals surface area contributed by atoms with Crippen molar-refractivity contribution < 1.29 is 14.3 Å². The predicted molar refractivity (Wildman–Crippen MR) is 120 cm³/mol. The van der Waals surface area contributed by atoms with Crippen molar-refractivity contribution in [2.24, 2.45) is 0 Å². The highest BCUT2D eigenvalue weighted by Crippen LogP contribution is 2.29. The van der Waals surface area contributed by atoms with Crippen molar-refractivity contribution in [1.82, 2.24) is 10.3 Å². The van der Waals surface area contributed by atoms with Crippen LogP contribution in [-0.2, 0) is 9.59 Å². The maximum Gasteiger partial charge on any atom is 0.244 e. The van der Waals surface area contributed by atoms with Crippen LogP contribution in [0.4, 0.5) is 10.8 Å². The van der Waals surface area contributed by atoms with Crippen LogP contribution in [0.3, 0.4) is 0 Å². The van der Waals surface area contributed by atoms with E-state index in [1.807, 2.05) is 61.5 Å². The Bertz CT molecular complexity index is 1030. The van der Waals surface area contributed by atoms with Gasteiger partial charge in [-0.1, -0.05) is 36.4 Å². The number of amides is 2. The van der Waals surface area contributed by atoms with Crippen LogP contribution in [0.15, 0.2) is 66.1 Å². The molecule has 0 spiro atoms. The van der Waals surface area contributed by atoms with E-state index in [-0.39, 0.29) is 11.8 Å². The molecule has 1 N–H and O–H groups in total. The first-order valence-corrected chi connectivity index (χ1v) is 10.4. The highest BCUT2D eigenvalue weighted by Gasteiger charge is 2.17. The Kier molecular flexibility index (Phi) is 7.34. The molecule has 6 nitrogen and oxygen atoms in total. The fourth-order valence-electron chi connectivity index (χ4n) is 2.73. The van der Waals surface area contributed by atoms with E-state index >= 15 is 0 Å². The summed E-state index contributed by atoms with van der Waals surface area (Å²) in [5, 5.41) is 5.14. The summed E-state index contributed by atoms with van der Waals surface area (Å²) in [7, 11) is 0. The van der Waals surface area contributed by atoms with E-state index in [9.17, 15) is 9.59 Å². The van der Waals surface area contributed by atoms with Gasteiger partial charge in [0.25, 0.3) is 0 Å². The zero-order chi connectivity index (χ0) is 21.3. The summed E-state index contributed by atoms with van der Waals surface area (Å²) in [4.78, 5) is 30.1. The van der Waals surface area contributed by atoms with Crippen LogP contribution in [-0.4, -0.2) is 29.9 Å². The molecule has 30 heavy (non-hydrogen) atoms. The number of ether oxygens (including phenoxy) is 1. The predicted octanol–water partition coefficient (Wildman–Crippen LogP) is 4.34. The number of rotatable bonds is 8. The summed E-state index contributed by atoms with van der Waals surface area (Å²) in [5.41, 5.74) is 2.42. The Morgan fingerprint density at radius 2 is 1.87 bits per heavy atom. The summed E-state index contributed by atoms with van der Waals surface area (Å²) in [6.45, 7) is 4.25. The zero-order valence-electron chi connectivity index (χ0n) is 16.9. The number of hydrogen-bond donors (Lipinski definition) is 1. The minimum Gasteiger partial charge on any atom is -0.491 e. The maximum absolute atomic E-state index is 12.1. The smallest absolute Gasteiger partial charge is 0.244 e. The molecule has 1 aromatic heterocycles. The lowest BCUT2D eigenvalue weighted by atomic mass is 10.2.